The van der Waals surface area contributed by atoms with Gasteiger partial charge in [0.2, 0.25) is 17.7 Å². The predicted molar refractivity (Wildman–Crippen MR) is 94.7 cm³/mol. The van der Waals surface area contributed by atoms with Gasteiger partial charge in [-0.3, -0.25) is 14.4 Å². The van der Waals surface area contributed by atoms with Crippen LogP contribution in [-0.4, -0.2) is 86.6 Å². The summed E-state index contributed by atoms with van der Waals surface area (Å²) in [6, 6.07) is -3.15. The SMILES string of the molecule is NC(CO)C(=O)NC(Cc1cnc[nH]1)C(=O)NCC(=O)N1CCCC1C(=O)O. The van der Waals surface area contributed by atoms with Crippen molar-refractivity contribution >= 4 is 23.7 Å². The molecule has 3 unspecified atom stereocenters. The van der Waals surface area contributed by atoms with E-state index in [-0.39, 0.29) is 6.42 Å². The molecule has 0 spiro atoms. The Morgan fingerprint density at radius 3 is 2.71 bits per heavy atom. The number of imidazole rings is 1. The highest BCUT2D eigenvalue weighted by molar-refractivity contribution is 5.92. The van der Waals surface area contributed by atoms with Crippen LogP contribution in [0.1, 0.15) is 18.5 Å². The third kappa shape index (κ3) is 5.50. The first-order valence-corrected chi connectivity index (χ1v) is 8.77. The number of aliphatic hydroxyl groups excluding tert-OH is 1. The summed E-state index contributed by atoms with van der Waals surface area (Å²) >= 11 is 0. The van der Waals surface area contributed by atoms with Gasteiger partial charge in [0.25, 0.3) is 0 Å². The summed E-state index contributed by atoms with van der Waals surface area (Å²) in [5.74, 6) is -2.97. The summed E-state index contributed by atoms with van der Waals surface area (Å²) in [5, 5.41) is 23.0. The number of aromatic amines is 1. The van der Waals surface area contributed by atoms with Gasteiger partial charge in [-0.2, -0.15) is 0 Å². The monoisotopic (exact) mass is 396 g/mol. The van der Waals surface area contributed by atoms with Crippen molar-refractivity contribution in [1.29, 1.82) is 0 Å². The van der Waals surface area contributed by atoms with Crippen molar-refractivity contribution in [2.75, 3.05) is 19.7 Å². The predicted octanol–water partition coefficient (Wildman–Crippen LogP) is -3.05. The average Bonchev–Trinajstić information content (AvgIpc) is 3.36. The first kappa shape index (κ1) is 21.3. The number of nitrogens with one attached hydrogen (secondary N) is 3. The summed E-state index contributed by atoms with van der Waals surface area (Å²) in [5.41, 5.74) is 6.02. The van der Waals surface area contributed by atoms with Crippen LogP contribution in [0.3, 0.4) is 0 Å². The van der Waals surface area contributed by atoms with Crippen molar-refractivity contribution in [3.8, 4) is 0 Å². The molecule has 154 valence electrons. The van der Waals surface area contributed by atoms with E-state index in [2.05, 4.69) is 20.6 Å². The second-order valence-corrected chi connectivity index (χ2v) is 6.43. The third-order valence-corrected chi connectivity index (χ3v) is 4.42. The molecule has 2 rings (SSSR count). The lowest BCUT2D eigenvalue weighted by Gasteiger charge is -2.23. The Labute approximate surface area is 160 Å². The molecule has 3 atom stereocenters. The lowest BCUT2D eigenvalue weighted by Crippen LogP contribution is -2.54. The number of carboxylic acids is 1. The molecule has 2 heterocycles. The number of carboxylic acid groups (broad SMARTS) is 1. The molecule has 3 amide bonds. The lowest BCUT2D eigenvalue weighted by molar-refractivity contribution is -0.148. The molecule has 0 aromatic carbocycles. The van der Waals surface area contributed by atoms with E-state index in [0.717, 1.165) is 0 Å². The number of aliphatic carboxylic acids is 1. The molecular formula is C16H24N6O6. The topological polar surface area (TPSA) is 191 Å². The van der Waals surface area contributed by atoms with Crippen LogP contribution in [-0.2, 0) is 25.6 Å². The van der Waals surface area contributed by atoms with Crippen molar-refractivity contribution in [3.05, 3.63) is 18.2 Å². The fourth-order valence-corrected chi connectivity index (χ4v) is 2.90. The Hall–Kier alpha value is -2.99. The van der Waals surface area contributed by atoms with Crippen LogP contribution in [0.5, 0.6) is 0 Å². The number of nitrogens with two attached hydrogens (primary N) is 1. The van der Waals surface area contributed by atoms with Crippen molar-refractivity contribution < 1.29 is 29.4 Å². The number of likely N-dealkylation sites (tertiary alicyclic amines) is 1. The van der Waals surface area contributed by atoms with Gasteiger partial charge in [-0.25, -0.2) is 9.78 Å². The number of aromatic nitrogens is 2. The average molecular weight is 396 g/mol. The highest BCUT2D eigenvalue weighted by atomic mass is 16.4. The minimum Gasteiger partial charge on any atom is -0.480 e. The maximum Gasteiger partial charge on any atom is 0.326 e. The van der Waals surface area contributed by atoms with E-state index in [4.69, 9.17) is 15.9 Å². The number of carbonyl (C=O) groups excluding carboxylic acids is 3. The number of rotatable bonds is 9. The van der Waals surface area contributed by atoms with Gasteiger partial charge in [-0.15, -0.1) is 0 Å². The molecule has 1 fully saturated rings. The van der Waals surface area contributed by atoms with Gasteiger partial charge in [0.1, 0.15) is 18.1 Å². The molecule has 7 N–H and O–H groups in total. The molecule has 28 heavy (non-hydrogen) atoms. The van der Waals surface area contributed by atoms with Crippen LogP contribution < -0.4 is 16.4 Å². The molecular weight excluding hydrogens is 372 g/mol. The number of aliphatic hydroxyl groups is 1. The lowest BCUT2D eigenvalue weighted by atomic mass is 10.1. The molecule has 1 aromatic rings. The Morgan fingerprint density at radius 1 is 1.36 bits per heavy atom. The molecule has 0 radical (unpaired) electrons. The van der Waals surface area contributed by atoms with E-state index in [9.17, 15) is 19.2 Å². The van der Waals surface area contributed by atoms with E-state index in [1.54, 1.807) is 0 Å². The van der Waals surface area contributed by atoms with E-state index in [1.165, 1.54) is 17.4 Å². The Kier molecular flexibility index (Phi) is 7.46. The molecule has 12 nitrogen and oxygen atoms in total. The van der Waals surface area contributed by atoms with Gasteiger partial charge in [0, 0.05) is 24.9 Å². The highest BCUT2D eigenvalue weighted by Crippen LogP contribution is 2.17. The number of carbonyl (C=O) groups is 4. The van der Waals surface area contributed by atoms with Gasteiger partial charge < -0.3 is 36.5 Å². The van der Waals surface area contributed by atoms with Gasteiger partial charge >= 0.3 is 5.97 Å². The number of nitrogens with zero attached hydrogens (tertiary/aromatic N) is 2. The van der Waals surface area contributed by atoms with Crippen LogP contribution in [0.25, 0.3) is 0 Å². The molecule has 1 saturated heterocycles. The summed E-state index contributed by atoms with van der Waals surface area (Å²) in [4.78, 5) is 55.8. The normalized spacial score (nSPS) is 18.4. The van der Waals surface area contributed by atoms with Gasteiger partial charge in [0.05, 0.1) is 19.5 Å². The van der Waals surface area contributed by atoms with E-state index in [1.807, 2.05) is 0 Å². The molecule has 0 saturated carbocycles. The fraction of sp³-hybridized carbons (Fsp3) is 0.562. The smallest absolute Gasteiger partial charge is 0.326 e. The quantitative estimate of drug-likeness (QED) is 0.253. The molecule has 1 aromatic heterocycles. The van der Waals surface area contributed by atoms with Crippen molar-refractivity contribution in [3.63, 3.8) is 0 Å². The van der Waals surface area contributed by atoms with Crippen LogP contribution in [0, 0.1) is 0 Å². The molecule has 0 aliphatic carbocycles. The summed E-state index contributed by atoms with van der Waals surface area (Å²) in [7, 11) is 0. The minimum atomic E-state index is -1.19. The van der Waals surface area contributed by atoms with Gasteiger partial charge in [-0.05, 0) is 12.8 Å². The zero-order valence-corrected chi connectivity index (χ0v) is 15.1. The zero-order valence-electron chi connectivity index (χ0n) is 15.1. The first-order valence-electron chi connectivity index (χ1n) is 8.77. The number of H-pyrrole nitrogens is 1. The highest BCUT2D eigenvalue weighted by Gasteiger charge is 2.34. The maximum atomic E-state index is 12.5. The number of hydrogen-bond acceptors (Lipinski definition) is 7. The maximum absolute atomic E-state index is 12.5. The third-order valence-electron chi connectivity index (χ3n) is 4.42. The molecule has 0 bridgehead atoms. The Balaban J connectivity index is 1.98. The summed E-state index contributed by atoms with van der Waals surface area (Å²) < 4.78 is 0. The molecule has 12 heteroatoms. The van der Waals surface area contributed by atoms with Crippen molar-refractivity contribution in [2.24, 2.45) is 5.73 Å². The van der Waals surface area contributed by atoms with Crippen LogP contribution in [0.2, 0.25) is 0 Å². The van der Waals surface area contributed by atoms with Crippen molar-refractivity contribution in [1.82, 2.24) is 25.5 Å². The van der Waals surface area contributed by atoms with E-state index >= 15 is 0 Å². The second-order valence-electron chi connectivity index (χ2n) is 6.43. The molecule has 1 aliphatic heterocycles. The van der Waals surface area contributed by atoms with E-state index in [0.29, 0.717) is 25.1 Å². The summed E-state index contributed by atoms with van der Waals surface area (Å²) in [6.07, 6.45) is 3.89. The minimum absolute atomic E-state index is 0.0609. The fourth-order valence-electron chi connectivity index (χ4n) is 2.90. The first-order chi connectivity index (χ1) is 13.3. The second kappa shape index (κ2) is 9.80. The van der Waals surface area contributed by atoms with Gasteiger partial charge in [0.15, 0.2) is 0 Å². The van der Waals surface area contributed by atoms with E-state index < -0.39 is 55.0 Å². The van der Waals surface area contributed by atoms with Crippen LogP contribution in [0.15, 0.2) is 12.5 Å². The largest absolute Gasteiger partial charge is 0.480 e. The Morgan fingerprint density at radius 2 is 2.11 bits per heavy atom. The zero-order chi connectivity index (χ0) is 20.7. The number of hydrogen-bond donors (Lipinski definition) is 6. The standard InChI is InChI=1S/C16H24N6O6/c17-10(7-23)14(25)21-11(4-9-5-18-8-20-9)15(26)19-6-13(24)22-3-1-2-12(22)16(27)28/h5,8,10-12,23H,1-4,6-7,17H2,(H,18,20)(H,19,26)(H,21,25)(H,27,28). The molecule has 1 aliphatic rings. The van der Waals surface area contributed by atoms with Gasteiger partial charge in [-0.1, -0.05) is 0 Å². The van der Waals surface area contributed by atoms with Crippen molar-refractivity contribution in [2.45, 2.75) is 37.4 Å². The van der Waals surface area contributed by atoms with Crippen LogP contribution >= 0.6 is 0 Å². The number of amides is 3. The van der Waals surface area contributed by atoms with Crippen LogP contribution in [0.4, 0.5) is 0 Å². The Bertz CT molecular complexity index is 708. The summed E-state index contributed by atoms with van der Waals surface area (Å²) in [6.45, 7) is -0.677.